The van der Waals surface area contributed by atoms with E-state index >= 15 is 0 Å². The van der Waals surface area contributed by atoms with Gasteiger partial charge in [-0.15, -0.1) is 6.58 Å². The molecule has 0 aliphatic rings. The third-order valence-electron chi connectivity index (χ3n) is 2.44. The zero-order valence-corrected chi connectivity index (χ0v) is 13.6. The fourth-order valence-corrected chi connectivity index (χ4v) is 8.89. The lowest BCUT2D eigenvalue weighted by atomic mass is 10.9. The molecule has 19 heavy (non-hydrogen) atoms. The lowest BCUT2D eigenvalue weighted by molar-refractivity contribution is -0.138. The molecule has 0 bridgehead atoms. The average molecular weight is 308 g/mol. The first kappa shape index (κ1) is 18.0. The van der Waals surface area contributed by atoms with E-state index in [0.29, 0.717) is 0 Å². The summed E-state index contributed by atoms with van der Waals surface area (Å²) in [6.07, 6.45) is -0.356. The summed E-state index contributed by atoms with van der Waals surface area (Å²) in [4.78, 5) is 22.4. The molecule has 0 aliphatic carbocycles. The van der Waals surface area contributed by atoms with Crippen LogP contribution in [-0.2, 0) is 27.3 Å². The van der Waals surface area contributed by atoms with E-state index in [9.17, 15) is 14.7 Å². The Kier molecular flexibility index (Phi) is 7.15. The lowest BCUT2D eigenvalue weighted by Crippen LogP contribution is -2.56. The van der Waals surface area contributed by atoms with Crippen LogP contribution in [0.1, 0.15) is 13.8 Å². The zero-order chi connectivity index (χ0) is 15.1. The Morgan fingerprint density at radius 3 is 1.79 bits per heavy atom. The van der Waals surface area contributed by atoms with Gasteiger partial charge in [-0.3, -0.25) is 9.59 Å². The normalized spacial score (nSPS) is 11.8. The van der Waals surface area contributed by atoms with Crippen molar-refractivity contribution in [1.82, 2.24) is 0 Å². The van der Waals surface area contributed by atoms with Crippen molar-refractivity contribution < 1.29 is 32.4 Å². The van der Waals surface area contributed by atoms with Crippen molar-refractivity contribution in [3.8, 4) is 0 Å². The number of hydrogen-bond donors (Lipinski definition) is 1. The van der Waals surface area contributed by atoms with E-state index in [4.69, 9.17) is 17.7 Å². The second-order valence-electron chi connectivity index (χ2n) is 3.86. The van der Waals surface area contributed by atoms with Crippen molar-refractivity contribution in [2.45, 2.75) is 19.5 Å². The molecule has 0 fully saturated rings. The van der Waals surface area contributed by atoms with Crippen LogP contribution in [0.25, 0.3) is 0 Å². The Morgan fingerprint density at radius 1 is 1.16 bits per heavy atom. The second-order valence-corrected chi connectivity index (χ2v) is 10.7. The molecule has 0 unspecified atom stereocenters. The molecule has 0 rings (SSSR count). The molecule has 0 atom stereocenters. The Bertz CT molecular complexity index is 317. The van der Waals surface area contributed by atoms with E-state index in [0.717, 1.165) is 0 Å². The van der Waals surface area contributed by atoms with Crippen molar-refractivity contribution in [2.75, 3.05) is 20.4 Å². The molecular formula is C10H20O7Si2. The van der Waals surface area contributed by atoms with Crippen LogP contribution in [0.15, 0.2) is 12.3 Å². The highest BCUT2D eigenvalue weighted by molar-refractivity contribution is 6.89. The maximum Gasteiger partial charge on any atom is 0.493 e. The molecule has 0 saturated carbocycles. The van der Waals surface area contributed by atoms with E-state index in [-0.39, 0.29) is 11.9 Å². The monoisotopic (exact) mass is 308 g/mol. The Labute approximate surface area is 114 Å². The molecule has 0 radical (unpaired) electrons. The summed E-state index contributed by atoms with van der Waals surface area (Å²) in [7, 11) is -3.62. The molecule has 0 heterocycles. The predicted octanol–water partition coefficient (Wildman–Crippen LogP) is 0.0857. The van der Waals surface area contributed by atoms with Crippen LogP contribution in [-0.4, -0.2) is 54.6 Å². The quantitative estimate of drug-likeness (QED) is 0.635. The topological polar surface area (TPSA) is 91.3 Å². The first-order chi connectivity index (χ1) is 8.78. The maximum absolute atomic E-state index is 11.2. The SMILES string of the molecule is C=C[Si](C[Si](CO)(OC)OC)(OC(C)=O)OC(C)=O. The zero-order valence-electron chi connectivity index (χ0n) is 11.6. The summed E-state index contributed by atoms with van der Waals surface area (Å²) in [6.45, 7) is 5.97. The molecule has 1 N–H and O–H groups in total. The van der Waals surface area contributed by atoms with Crippen molar-refractivity contribution >= 4 is 29.1 Å². The van der Waals surface area contributed by atoms with E-state index in [1.54, 1.807) is 0 Å². The standard InChI is InChI=1S/C10H20O7Si2/c1-6-18(16-9(2)12,17-10(3)13)8-19(7-11,14-4)15-5/h6,11H,1,7-8H2,2-5H3. The number of aliphatic hydroxyl groups excluding tert-OH is 1. The van der Waals surface area contributed by atoms with Gasteiger partial charge in [0.25, 0.3) is 11.9 Å². The molecule has 0 aromatic rings. The molecule has 0 saturated heterocycles. The summed E-state index contributed by atoms with van der Waals surface area (Å²) in [5.74, 6) is -1.19. The minimum Gasteiger partial charge on any atom is -0.482 e. The fraction of sp³-hybridized carbons (Fsp3) is 0.600. The molecule has 0 amide bonds. The van der Waals surface area contributed by atoms with Gasteiger partial charge in [0.1, 0.15) is 0 Å². The third kappa shape index (κ3) is 5.24. The van der Waals surface area contributed by atoms with Crippen LogP contribution in [0, 0.1) is 0 Å². The van der Waals surface area contributed by atoms with Crippen LogP contribution < -0.4 is 0 Å². The molecule has 110 valence electrons. The number of carbonyl (C=O) groups excluding carboxylic acids is 2. The predicted molar refractivity (Wildman–Crippen MR) is 71.1 cm³/mol. The molecule has 0 aromatic heterocycles. The fourth-order valence-electron chi connectivity index (χ4n) is 1.52. The molecule has 0 aliphatic heterocycles. The first-order valence-corrected chi connectivity index (χ1v) is 9.85. The molecule has 7 nitrogen and oxygen atoms in total. The van der Waals surface area contributed by atoms with Crippen molar-refractivity contribution in [3.05, 3.63) is 12.3 Å². The minimum atomic E-state index is -3.38. The highest BCUT2D eigenvalue weighted by atomic mass is 28.4. The average Bonchev–Trinajstić information content (AvgIpc) is 2.34. The van der Waals surface area contributed by atoms with Gasteiger partial charge in [-0.2, -0.15) is 0 Å². The number of carbonyl (C=O) groups is 2. The minimum absolute atomic E-state index is 0.0200. The number of rotatable bonds is 8. The smallest absolute Gasteiger partial charge is 0.482 e. The second kappa shape index (κ2) is 7.55. The van der Waals surface area contributed by atoms with Crippen LogP contribution in [0.5, 0.6) is 0 Å². The van der Waals surface area contributed by atoms with Crippen LogP contribution in [0.2, 0.25) is 5.67 Å². The van der Waals surface area contributed by atoms with Crippen LogP contribution in [0.4, 0.5) is 0 Å². The van der Waals surface area contributed by atoms with Gasteiger partial charge in [-0.1, -0.05) is 0 Å². The van der Waals surface area contributed by atoms with Gasteiger partial charge in [0, 0.05) is 28.1 Å². The van der Waals surface area contributed by atoms with Crippen molar-refractivity contribution in [1.29, 1.82) is 0 Å². The van der Waals surface area contributed by atoms with E-state index in [1.807, 2.05) is 0 Å². The highest BCUT2D eigenvalue weighted by Gasteiger charge is 2.53. The number of aliphatic hydroxyl groups is 1. The van der Waals surface area contributed by atoms with E-state index in [2.05, 4.69) is 6.58 Å². The summed E-state index contributed by atoms with van der Waals surface area (Å²) in [6, 6.07) is 0. The van der Waals surface area contributed by atoms with Crippen molar-refractivity contribution in [3.63, 3.8) is 0 Å². The maximum atomic E-state index is 11.2. The van der Waals surface area contributed by atoms with Crippen molar-refractivity contribution in [2.24, 2.45) is 0 Å². The van der Waals surface area contributed by atoms with Gasteiger partial charge >= 0.3 is 17.1 Å². The van der Waals surface area contributed by atoms with E-state index in [1.165, 1.54) is 33.8 Å². The van der Waals surface area contributed by atoms with Gasteiger partial charge in [0.05, 0.1) is 11.9 Å². The Balaban J connectivity index is 5.37. The molecule has 0 aromatic carbocycles. The van der Waals surface area contributed by atoms with Crippen LogP contribution in [0.3, 0.4) is 0 Å². The van der Waals surface area contributed by atoms with Gasteiger partial charge < -0.3 is 22.8 Å². The Morgan fingerprint density at radius 2 is 1.58 bits per heavy atom. The Hall–Kier alpha value is -1.01. The summed E-state index contributed by atoms with van der Waals surface area (Å²) in [5.41, 5.74) is 1.33. The highest BCUT2D eigenvalue weighted by Crippen LogP contribution is 2.24. The first-order valence-electron chi connectivity index (χ1n) is 5.52. The lowest BCUT2D eigenvalue weighted by Gasteiger charge is -2.32. The largest absolute Gasteiger partial charge is 0.493 e. The summed E-state index contributed by atoms with van der Waals surface area (Å²) >= 11 is 0. The third-order valence-corrected chi connectivity index (χ3v) is 10.4. The molecular weight excluding hydrogens is 288 g/mol. The molecule has 9 heteroatoms. The van der Waals surface area contributed by atoms with E-state index < -0.39 is 29.1 Å². The molecule has 0 spiro atoms. The summed E-state index contributed by atoms with van der Waals surface area (Å²) in [5, 5.41) is 9.42. The van der Waals surface area contributed by atoms with Gasteiger partial charge in [-0.25, -0.2) is 0 Å². The van der Waals surface area contributed by atoms with Gasteiger partial charge in [0.15, 0.2) is 0 Å². The van der Waals surface area contributed by atoms with Crippen LogP contribution >= 0.6 is 0 Å². The summed E-state index contributed by atoms with van der Waals surface area (Å²) < 4.78 is 20.8. The van der Waals surface area contributed by atoms with Gasteiger partial charge in [0.2, 0.25) is 0 Å². The number of hydrogen-bond acceptors (Lipinski definition) is 7. The van der Waals surface area contributed by atoms with Gasteiger partial charge in [-0.05, 0) is 5.70 Å².